The number of piperidine rings is 1. The molecule has 0 spiro atoms. The molecule has 7 nitrogen and oxygen atoms in total. The SMILES string of the molecule is Cc1nnc2ccc(N3CCC(c4nc5ccccc5[nH]4)CC3)nn12. The zero-order valence-corrected chi connectivity index (χ0v) is 14.1. The van der Waals surface area contributed by atoms with Gasteiger partial charge in [0.15, 0.2) is 11.5 Å². The second-order valence-corrected chi connectivity index (χ2v) is 6.61. The predicted octanol–water partition coefficient (Wildman–Crippen LogP) is 2.69. The molecule has 0 amide bonds. The van der Waals surface area contributed by atoms with E-state index in [0.29, 0.717) is 5.92 Å². The van der Waals surface area contributed by atoms with E-state index in [1.807, 2.05) is 31.2 Å². The van der Waals surface area contributed by atoms with E-state index in [2.05, 4.69) is 37.3 Å². The molecule has 0 bridgehead atoms. The number of imidazole rings is 1. The minimum atomic E-state index is 0.476. The summed E-state index contributed by atoms with van der Waals surface area (Å²) in [6.07, 6.45) is 2.14. The molecule has 5 rings (SSSR count). The molecule has 3 aromatic heterocycles. The predicted molar refractivity (Wildman–Crippen MR) is 95.8 cm³/mol. The van der Waals surface area contributed by atoms with E-state index in [4.69, 9.17) is 4.98 Å². The van der Waals surface area contributed by atoms with Gasteiger partial charge in [-0.3, -0.25) is 0 Å². The fraction of sp³-hybridized carbons (Fsp3) is 0.333. The average molecular weight is 333 g/mol. The van der Waals surface area contributed by atoms with Crippen LogP contribution in [0.1, 0.15) is 30.4 Å². The summed E-state index contributed by atoms with van der Waals surface area (Å²) in [5.74, 6) is 3.38. The average Bonchev–Trinajstić information content (AvgIpc) is 3.25. The molecule has 1 aromatic carbocycles. The fourth-order valence-electron chi connectivity index (χ4n) is 3.60. The standard InChI is InChI=1S/C18H19N7/c1-12-21-22-16-6-7-17(23-25(12)16)24-10-8-13(9-11-24)18-19-14-4-2-3-5-15(14)20-18/h2-7,13H,8-11H2,1H3,(H,19,20). The van der Waals surface area contributed by atoms with Crippen molar-refractivity contribution in [3.63, 3.8) is 0 Å². The Morgan fingerprint density at radius 1 is 1.04 bits per heavy atom. The number of aryl methyl sites for hydroxylation is 1. The van der Waals surface area contributed by atoms with Crippen LogP contribution in [0.25, 0.3) is 16.7 Å². The minimum absolute atomic E-state index is 0.476. The number of nitrogens with one attached hydrogen (secondary N) is 1. The summed E-state index contributed by atoms with van der Waals surface area (Å²) >= 11 is 0. The van der Waals surface area contributed by atoms with E-state index in [0.717, 1.165) is 60.1 Å². The fourth-order valence-corrected chi connectivity index (χ4v) is 3.60. The molecule has 0 atom stereocenters. The van der Waals surface area contributed by atoms with Crippen LogP contribution in [0.5, 0.6) is 0 Å². The number of aromatic nitrogens is 6. The van der Waals surface area contributed by atoms with Crippen molar-refractivity contribution in [1.29, 1.82) is 0 Å². The third-order valence-electron chi connectivity index (χ3n) is 5.02. The summed E-state index contributed by atoms with van der Waals surface area (Å²) in [5.41, 5.74) is 2.96. The second kappa shape index (κ2) is 5.54. The van der Waals surface area contributed by atoms with Crippen molar-refractivity contribution in [2.24, 2.45) is 0 Å². The molecule has 1 aliphatic heterocycles. The molecule has 0 unspecified atom stereocenters. The third-order valence-corrected chi connectivity index (χ3v) is 5.02. The Bertz CT molecular complexity index is 1010. The van der Waals surface area contributed by atoms with Gasteiger partial charge in [-0.15, -0.1) is 15.3 Å². The van der Waals surface area contributed by atoms with Crippen LogP contribution in [0.4, 0.5) is 5.82 Å². The first-order valence-corrected chi connectivity index (χ1v) is 8.66. The van der Waals surface area contributed by atoms with Gasteiger partial charge < -0.3 is 9.88 Å². The molecule has 0 aliphatic carbocycles. The lowest BCUT2D eigenvalue weighted by molar-refractivity contribution is 0.485. The maximum Gasteiger partial charge on any atom is 0.178 e. The van der Waals surface area contributed by atoms with Gasteiger partial charge in [0.25, 0.3) is 0 Å². The van der Waals surface area contributed by atoms with E-state index >= 15 is 0 Å². The van der Waals surface area contributed by atoms with Crippen LogP contribution in [0.3, 0.4) is 0 Å². The first kappa shape index (κ1) is 14.4. The highest BCUT2D eigenvalue weighted by atomic mass is 15.4. The van der Waals surface area contributed by atoms with Crippen LogP contribution in [0.15, 0.2) is 36.4 Å². The monoisotopic (exact) mass is 333 g/mol. The van der Waals surface area contributed by atoms with E-state index in [-0.39, 0.29) is 0 Å². The lowest BCUT2D eigenvalue weighted by atomic mass is 9.96. The van der Waals surface area contributed by atoms with Gasteiger partial charge in [-0.25, -0.2) is 4.98 Å². The van der Waals surface area contributed by atoms with E-state index in [1.165, 1.54) is 0 Å². The number of hydrogen-bond acceptors (Lipinski definition) is 5. The molecule has 126 valence electrons. The number of fused-ring (bicyclic) bond motifs is 2. The topological polar surface area (TPSA) is 75.0 Å². The molecular formula is C18H19N7. The minimum Gasteiger partial charge on any atom is -0.355 e. The largest absolute Gasteiger partial charge is 0.355 e. The highest BCUT2D eigenvalue weighted by Crippen LogP contribution is 2.29. The summed E-state index contributed by atoms with van der Waals surface area (Å²) in [6, 6.07) is 12.2. The molecule has 1 saturated heterocycles. The number of benzene rings is 1. The van der Waals surface area contributed by atoms with Gasteiger partial charge in [-0.05, 0) is 44.0 Å². The Hall–Kier alpha value is -2.96. The van der Waals surface area contributed by atoms with Gasteiger partial charge in [0.1, 0.15) is 11.6 Å². The number of hydrogen-bond donors (Lipinski definition) is 1. The Kier molecular flexibility index (Phi) is 3.19. The lowest BCUT2D eigenvalue weighted by Gasteiger charge is -2.31. The number of H-pyrrole nitrogens is 1. The highest BCUT2D eigenvalue weighted by molar-refractivity contribution is 5.74. The van der Waals surface area contributed by atoms with Gasteiger partial charge in [-0.2, -0.15) is 4.52 Å². The Morgan fingerprint density at radius 2 is 1.88 bits per heavy atom. The first-order valence-electron chi connectivity index (χ1n) is 8.66. The Labute approximate surface area is 144 Å². The van der Waals surface area contributed by atoms with Crippen molar-refractivity contribution in [3.8, 4) is 0 Å². The molecule has 4 aromatic rings. The molecule has 25 heavy (non-hydrogen) atoms. The van der Waals surface area contributed by atoms with E-state index < -0.39 is 0 Å². The molecule has 4 heterocycles. The van der Waals surface area contributed by atoms with Crippen molar-refractivity contribution in [2.45, 2.75) is 25.7 Å². The summed E-state index contributed by atoms with van der Waals surface area (Å²) in [6.45, 7) is 3.87. The first-order chi connectivity index (χ1) is 12.3. The summed E-state index contributed by atoms with van der Waals surface area (Å²) in [4.78, 5) is 10.6. The Balaban J connectivity index is 1.35. The highest BCUT2D eigenvalue weighted by Gasteiger charge is 2.24. The number of nitrogens with zero attached hydrogens (tertiary/aromatic N) is 6. The summed E-state index contributed by atoms with van der Waals surface area (Å²) in [5, 5.41) is 12.9. The quantitative estimate of drug-likeness (QED) is 0.610. The van der Waals surface area contributed by atoms with Gasteiger partial charge in [0, 0.05) is 19.0 Å². The van der Waals surface area contributed by atoms with Gasteiger partial charge in [0.05, 0.1) is 11.0 Å². The van der Waals surface area contributed by atoms with Gasteiger partial charge in [0.2, 0.25) is 0 Å². The molecular weight excluding hydrogens is 314 g/mol. The normalized spacial score (nSPS) is 16.1. The van der Waals surface area contributed by atoms with Crippen molar-refractivity contribution >= 4 is 22.5 Å². The molecule has 7 heteroatoms. The lowest BCUT2D eigenvalue weighted by Crippen LogP contribution is -2.34. The zero-order chi connectivity index (χ0) is 16.8. The third kappa shape index (κ3) is 2.43. The van der Waals surface area contributed by atoms with E-state index in [1.54, 1.807) is 4.52 Å². The Morgan fingerprint density at radius 3 is 2.72 bits per heavy atom. The summed E-state index contributed by atoms with van der Waals surface area (Å²) in [7, 11) is 0. The second-order valence-electron chi connectivity index (χ2n) is 6.61. The number of rotatable bonds is 2. The van der Waals surface area contributed by atoms with Crippen LogP contribution in [-0.2, 0) is 0 Å². The smallest absolute Gasteiger partial charge is 0.178 e. The molecule has 0 saturated carbocycles. The van der Waals surface area contributed by atoms with Gasteiger partial charge >= 0.3 is 0 Å². The van der Waals surface area contributed by atoms with Gasteiger partial charge in [-0.1, -0.05) is 12.1 Å². The number of anilines is 1. The van der Waals surface area contributed by atoms with Crippen LogP contribution < -0.4 is 4.90 Å². The van der Waals surface area contributed by atoms with Crippen LogP contribution >= 0.6 is 0 Å². The van der Waals surface area contributed by atoms with Crippen molar-refractivity contribution in [1.82, 2.24) is 29.8 Å². The maximum atomic E-state index is 4.77. The summed E-state index contributed by atoms with van der Waals surface area (Å²) < 4.78 is 1.81. The van der Waals surface area contributed by atoms with Crippen LogP contribution in [0.2, 0.25) is 0 Å². The zero-order valence-electron chi connectivity index (χ0n) is 14.1. The maximum absolute atomic E-state index is 4.77. The van der Waals surface area contributed by atoms with Crippen LogP contribution in [-0.4, -0.2) is 42.9 Å². The number of para-hydroxylation sites is 2. The molecule has 1 fully saturated rings. The number of aromatic amines is 1. The van der Waals surface area contributed by atoms with Crippen LogP contribution in [0, 0.1) is 6.92 Å². The molecule has 1 aliphatic rings. The van der Waals surface area contributed by atoms with E-state index in [9.17, 15) is 0 Å². The van der Waals surface area contributed by atoms with Crippen molar-refractivity contribution < 1.29 is 0 Å². The van der Waals surface area contributed by atoms with Crippen molar-refractivity contribution in [3.05, 3.63) is 48.0 Å². The molecule has 0 radical (unpaired) electrons. The van der Waals surface area contributed by atoms with Crippen molar-refractivity contribution in [2.75, 3.05) is 18.0 Å². The molecule has 1 N–H and O–H groups in total.